The summed E-state index contributed by atoms with van der Waals surface area (Å²) in [6.07, 6.45) is 1.40. The smallest absolute Gasteiger partial charge is 0.266 e. The van der Waals surface area contributed by atoms with Gasteiger partial charge in [0.1, 0.15) is 23.2 Å². The Hall–Kier alpha value is -3.14. The number of carbonyl (C=O) groups is 1. The van der Waals surface area contributed by atoms with Gasteiger partial charge in [0.15, 0.2) is 5.09 Å². The number of anilines is 1. The molecule has 0 aliphatic heterocycles. The van der Waals surface area contributed by atoms with E-state index in [1.165, 1.54) is 24.9 Å². The lowest BCUT2D eigenvalue weighted by atomic mass is 10.2. The Kier molecular flexibility index (Phi) is 6.43. The number of carbonyl (C=O) groups excluding carboxylic acids is 1. The maximum atomic E-state index is 12.4. The average Bonchev–Trinajstić information content (AvgIpc) is 3.15. The van der Waals surface area contributed by atoms with Gasteiger partial charge in [-0.25, -0.2) is 0 Å². The fraction of sp³-hybridized carbons (Fsp3) is 0.0476. The Balaban J connectivity index is 1.71. The van der Waals surface area contributed by atoms with Crippen LogP contribution in [0, 0.1) is 11.3 Å². The van der Waals surface area contributed by atoms with Crippen LogP contribution in [0.15, 0.2) is 80.6 Å². The molecule has 140 valence electrons. The molecule has 1 N–H and O–H groups in total. The van der Waals surface area contributed by atoms with E-state index in [2.05, 4.69) is 5.32 Å². The third-order valence-electron chi connectivity index (χ3n) is 3.61. The van der Waals surface area contributed by atoms with Crippen molar-refractivity contribution in [2.24, 2.45) is 0 Å². The number of benzene rings is 2. The first-order chi connectivity index (χ1) is 13.6. The summed E-state index contributed by atoms with van der Waals surface area (Å²) >= 11 is 7.30. The summed E-state index contributed by atoms with van der Waals surface area (Å²) in [5.41, 5.74) is 0.462. The molecule has 5 nitrogen and oxygen atoms in total. The molecule has 0 radical (unpaired) electrons. The van der Waals surface area contributed by atoms with Crippen LogP contribution < -0.4 is 10.1 Å². The minimum Gasteiger partial charge on any atom is -0.497 e. The third-order valence-corrected chi connectivity index (χ3v) is 4.79. The lowest BCUT2D eigenvalue weighted by molar-refractivity contribution is -0.112. The van der Waals surface area contributed by atoms with Crippen LogP contribution in [0.1, 0.15) is 5.76 Å². The molecule has 0 fully saturated rings. The number of ether oxygens (including phenoxy) is 1. The molecule has 1 aromatic heterocycles. The Bertz CT molecular complexity index is 1050. The maximum absolute atomic E-state index is 12.4. The molecule has 1 amide bonds. The van der Waals surface area contributed by atoms with Crippen molar-refractivity contribution in [2.75, 3.05) is 12.4 Å². The molecule has 7 heteroatoms. The molecule has 0 aliphatic carbocycles. The minimum atomic E-state index is -0.529. The summed E-state index contributed by atoms with van der Waals surface area (Å²) in [4.78, 5) is 13.3. The first kappa shape index (κ1) is 19.6. The van der Waals surface area contributed by atoms with E-state index >= 15 is 0 Å². The molecule has 3 rings (SSSR count). The first-order valence-electron chi connectivity index (χ1n) is 8.18. The predicted octanol–water partition coefficient (Wildman–Crippen LogP) is 5.64. The highest BCUT2D eigenvalue weighted by Crippen LogP contribution is 2.30. The molecule has 28 heavy (non-hydrogen) atoms. The van der Waals surface area contributed by atoms with Crippen LogP contribution in [0.3, 0.4) is 0 Å². The monoisotopic (exact) mass is 410 g/mol. The summed E-state index contributed by atoms with van der Waals surface area (Å²) in [5.74, 6) is 0.489. The van der Waals surface area contributed by atoms with Gasteiger partial charge in [-0.15, -0.1) is 0 Å². The van der Waals surface area contributed by atoms with Crippen LogP contribution in [-0.2, 0) is 4.79 Å². The molecule has 2 aromatic carbocycles. The highest BCUT2D eigenvalue weighted by atomic mass is 35.5. The number of nitriles is 1. The Morgan fingerprint density at radius 2 is 2.00 bits per heavy atom. The maximum Gasteiger partial charge on any atom is 0.266 e. The Morgan fingerprint density at radius 3 is 2.71 bits per heavy atom. The number of amides is 1. The van der Waals surface area contributed by atoms with E-state index in [-0.39, 0.29) is 5.57 Å². The van der Waals surface area contributed by atoms with E-state index in [1.54, 1.807) is 48.5 Å². The van der Waals surface area contributed by atoms with Crippen LogP contribution in [0.2, 0.25) is 5.02 Å². The van der Waals surface area contributed by atoms with Gasteiger partial charge in [0.2, 0.25) is 0 Å². The van der Waals surface area contributed by atoms with E-state index in [0.717, 1.165) is 4.90 Å². The fourth-order valence-electron chi connectivity index (χ4n) is 2.28. The number of halogens is 1. The second kappa shape index (κ2) is 9.18. The number of furan rings is 1. The number of hydrogen-bond acceptors (Lipinski definition) is 5. The zero-order valence-corrected chi connectivity index (χ0v) is 16.4. The van der Waals surface area contributed by atoms with E-state index in [4.69, 9.17) is 20.8 Å². The van der Waals surface area contributed by atoms with E-state index in [1.807, 2.05) is 18.2 Å². The van der Waals surface area contributed by atoms with Gasteiger partial charge in [-0.1, -0.05) is 29.4 Å². The van der Waals surface area contributed by atoms with Gasteiger partial charge in [0.25, 0.3) is 5.91 Å². The molecule has 0 bridgehead atoms. The molecule has 0 unspecified atom stereocenters. The first-order valence-corrected chi connectivity index (χ1v) is 9.37. The summed E-state index contributed by atoms with van der Waals surface area (Å²) < 4.78 is 10.8. The average molecular weight is 411 g/mol. The lowest BCUT2D eigenvalue weighted by Gasteiger charge is -2.06. The van der Waals surface area contributed by atoms with Crippen LogP contribution in [0.25, 0.3) is 6.08 Å². The second-order valence-corrected chi connectivity index (χ2v) is 7.08. The summed E-state index contributed by atoms with van der Waals surface area (Å²) in [6.45, 7) is 0. The van der Waals surface area contributed by atoms with Crippen LogP contribution in [0.4, 0.5) is 5.69 Å². The zero-order chi connectivity index (χ0) is 19.9. The normalized spacial score (nSPS) is 11.0. The van der Waals surface area contributed by atoms with Gasteiger partial charge in [0, 0.05) is 27.7 Å². The SMILES string of the molecule is COc1cccc(NC(=O)C(C#N)=Cc2ccc(Sc3ccc(Cl)cc3)o2)c1. The highest BCUT2D eigenvalue weighted by Gasteiger charge is 2.12. The van der Waals surface area contributed by atoms with Crippen molar-refractivity contribution in [2.45, 2.75) is 9.99 Å². The van der Waals surface area contributed by atoms with Crippen molar-refractivity contribution in [3.63, 3.8) is 0 Å². The fourth-order valence-corrected chi connectivity index (χ4v) is 3.18. The van der Waals surface area contributed by atoms with Crippen LogP contribution in [-0.4, -0.2) is 13.0 Å². The van der Waals surface area contributed by atoms with Crippen molar-refractivity contribution in [1.82, 2.24) is 0 Å². The zero-order valence-electron chi connectivity index (χ0n) is 14.8. The quantitative estimate of drug-likeness (QED) is 0.420. The van der Waals surface area contributed by atoms with Crippen molar-refractivity contribution >= 4 is 41.0 Å². The van der Waals surface area contributed by atoms with Gasteiger partial charge < -0.3 is 14.5 Å². The highest BCUT2D eigenvalue weighted by molar-refractivity contribution is 7.99. The minimum absolute atomic E-state index is 0.0692. The molecule has 0 aliphatic rings. The molecular formula is C21H15ClN2O3S. The van der Waals surface area contributed by atoms with Gasteiger partial charge >= 0.3 is 0 Å². The molecule has 1 heterocycles. The number of nitrogens with zero attached hydrogens (tertiary/aromatic N) is 1. The lowest BCUT2D eigenvalue weighted by Crippen LogP contribution is -2.13. The van der Waals surface area contributed by atoms with Crippen molar-refractivity contribution in [1.29, 1.82) is 5.26 Å². The molecule has 0 saturated carbocycles. The standard InChI is InChI=1S/C21H15ClN2O3S/c1-26-17-4-2-3-16(12-17)24-21(25)14(13-23)11-18-7-10-20(27-18)28-19-8-5-15(22)6-9-19/h2-12H,1H3,(H,24,25). The molecular weight excluding hydrogens is 396 g/mol. The molecule has 3 aromatic rings. The van der Waals surface area contributed by atoms with Gasteiger partial charge in [0.05, 0.1) is 7.11 Å². The number of nitrogens with one attached hydrogen (secondary N) is 1. The van der Waals surface area contributed by atoms with Crippen LogP contribution in [0.5, 0.6) is 5.75 Å². The predicted molar refractivity (Wildman–Crippen MR) is 109 cm³/mol. The summed E-state index contributed by atoms with van der Waals surface area (Å²) in [6, 6.07) is 19.6. The van der Waals surface area contributed by atoms with E-state index < -0.39 is 5.91 Å². The summed E-state index contributed by atoms with van der Waals surface area (Å²) in [7, 11) is 1.54. The third kappa shape index (κ3) is 5.19. The molecule has 0 atom stereocenters. The number of hydrogen-bond donors (Lipinski definition) is 1. The summed E-state index contributed by atoms with van der Waals surface area (Å²) in [5, 5.41) is 13.3. The van der Waals surface area contributed by atoms with Crippen LogP contribution >= 0.6 is 23.4 Å². The van der Waals surface area contributed by atoms with E-state index in [9.17, 15) is 10.1 Å². The topological polar surface area (TPSA) is 75.3 Å². The molecule has 0 saturated heterocycles. The van der Waals surface area contributed by atoms with Crippen molar-refractivity contribution in [3.05, 3.63) is 77.0 Å². The van der Waals surface area contributed by atoms with Crippen molar-refractivity contribution < 1.29 is 13.9 Å². The Morgan fingerprint density at radius 1 is 1.21 bits per heavy atom. The Labute approximate surface area is 171 Å². The van der Waals surface area contributed by atoms with Gasteiger partial charge in [-0.05, 0) is 48.5 Å². The van der Waals surface area contributed by atoms with Gasteiger partial charge in [-0.2, -0.15) is 5.26 Å². The number of rotatable bonds is 6. The second-order valence-electron chi connectivity index (χ2n) is 5.57. The largest absolute Gasteiger partial charge is 0.497 e. The van der Waals surface area contributed by atoms with Gasteiger partial charge in [-0.3, -0.25) is 4.79 Å². The molecule has 0 spiro atoms. The van der Waals surface area contributed by atoms with E-state index in [0.29, 0.717) is 27.3 Å². The number of methoxy groups -OCH3 is 1. The van der Waals surface area contributed by atoms with Crippen molar-refractivity contribution in [3.8, 4) is 11.8 Å².